The molecule has 0 saturated carbocycles. The van der Waals surface area contributed by atoms with Gasteiger partial charge in [-0.2, -0.15) is 0 Å². The number of anilines is 1. The summed E-state index contributed by atoms with van der Waals surface area (Å²) in [6, 6.07) is 5.65. The molecule has 1 aliphatic heterocycles. The van der Waals surface area contributed by atoms with E-state index in [4.69, 9.17) is 0 Å². The third-order valence-electron chi connectivity index (χ3n) is 3.47. The summed E-state index contributed by atoms with van der Waals surface area (Å²) in [6.45, 7) is 3.26. The Morgan fingerprint density at radius 3 is 2.86 bits per heavy atom. The molecule has 0 atom stereocenters. The van der Waals surface area contributed by atoms with Crippen molar-refractivity contribution in [3.8, 4) is 0 Å². The number of thiazole rings is 1. The summed E-state index contributed by atoms with van der Waals surface area (Å²) in [5, 5.41) is 2.77. The van der Waals surface area contributed by atoms with E-state index in [2.05, 4.69) is 10.3 Å². The zero-order valence-corrected chi connectivity index (χ0v) is 13.9. The van der Waals surface area contributed by atoms with E-state index in [0.29, 0.717) is 5.75 Å². The second kappa shape index (κ2) is 6.66. The summed E-state index contributed by atoms with van der Waals surface area (Å²) in [5.74, 6) is 0.550. The standard InChI is InChI=1S/C15H17N3O2S2/c1-10(19)16-11-4-5-12-13(8-11)22-15(17-12)21-9-14(20)18-6-2-3-7-18/h4-5,8H,2-3,6-7,9H2,1H3,(H,16,19). The van der Waals surface area contributed by atoms with Gasteiger partial charge in [-0.3, -0.25) is 9.59 Å². The maximum absolute atomic E-state index is 12.0. The van der Waals surface area contributed by atoms with Crippen LogP contribution in [-0.4, -0.2) is 40.5 Å². The first kappa shape index (κ1) is 15.3. The van der Waals surface area contributed by atoms with Crippen LogP contribution in [-0.2, 0) is 9.59 Å². The van der Waals surface area contributed by atoms with Gasteiger partial charge in [0.15, 0.2) is 4.34 Å². The number of benzene rings is 1. The number of nitrogens with one attached hydrogen (secondary N) is 1. The van der Waals surface area contributed by atoms with Gasteiger partial charge in [0, 0.05) is 25.7 Å². The summed E-state index contributed by atoms with van der Waals surface area (Å²) in [5.41, 5.74) is 1.67. The molecule has 1 aromatic heterocycles. The number of nitrogens with zero attached hydrogens (tertiary/aromatic N) is 2. The molecule has 0 radical (unpaired) electrons. The quantitative estimate of drug-likeness (QED) is 0.873. The van der Waals surface area contributed by atoms with Gasteiger partial charge in [0.05, 0.1) is 16.0 Å². The monoisotopic (exact) mass is 335 g/mol. The van der Waals surface area contributed by atoms with Gasteiger partial charge >= 0.3 is 0 Å². The Bertz CT molecular complexity index is 708. The molecule has 1 aliphatic rings. The van der Waals surface area contributed by atoms with E-state index in [1.165, 1.54) is 18.7 Å². The fourth-order valence-electron chi connectivity index (χ4n) is 2.43. The van der Waals surface area contributed by atoms with Crippen LogP contribution in [0.25, 0.3) is 10.2 Å². The Labute approximate surface area is 137 Å². The molecule has 2 amide bonds. The normalized spacial score (nSPS) is 14.5. The molecule has 0 bridgehead atoms. The van der Waals surface area contributed by atoms with E-state index in [1.54, 1.807) is 11.3 Å². The topological polar surface area (TPSA) is 62.3 Å². The number of carbonyl (C=O) groups excluding carboxylic acids is 2. The molecular formula is C15H17N3O2S2. The van der Waals surface area contributed by atoms with Crippen LogP contribution < -0.4 is 5.32 Å². The number of hydrogen-bond donors (Lipinski definition) is 1. The van der Waals surface area contributed by atoms with Crippen molar-refractivity contribution < 1.29 is 9.59 Å². The fourth-order valence-corrected chi connectivity index (χ4v) is 4.44. The number of fused-ring (bicyclic) bond motifs is 1. The first-order chi connectivity index (χ1) is 10.6. The highest BCUT2D eigenvalue weighted by Crippen LogP contribution is 2.31. The molecule has 1 saturated heterocycles. The van der Waals surface area contributed by atoms with Crippen molar-refractivity contribution in [2.75, 3.05) is 24.2 Å². The zero-order chi connectivity index (χ0) is 15.5. The summed E-state index contributed by atoms with van der Waals surface area (Å²) in [7, 11) is 0. The van der Waals surface area contributed by atoms with Crippen molar-refractivity contribution in [3.63, 3.8) is 0 Å². The molecule has 3 rings (SSSR count). The molecule has 2 aromatic rings. The minimum atomic E-state index is -0.0883. The van der Waals surface area contributed by atoms with Crippen LogP contribution in [0.5, 0.6) is 0 Å². The largest absolute Gasteiger partial charge is 0.342 e. The molecule has 2 heterocycles. The molecule has 116 valence electrons. The molecule has 0 spiro atoms. The highest BCUT2D eigenvalue weighted by molar-refractivity contribution is 8.01. The number of likely N-dealkylation sites (tertiary alicyclic amines) is 1. The van der Waals surface area contributed by atoms with Crippen molar-refractivity contribution in [1.29, 1.82) is 0 Å². The van der Waals surface area contributed by atoms with Crippen LogP contribution >= 0.6 is 23.1 Å². The second-order valence-corrected chi connectivity index (χ2v) is 7.47. The Morgan fingerprint density at radius 2 is 2.14 bits per heavy atom. The van der Waals surface area contributed by atoms with Crippen LogP contribution in [0.1, 0.15) is 19.8 Å². The first-order valence-electron chi connectivity index (χ1n) is 7.20. The number of rotatable bonds is 4. The van der Waals surface area contributed by atoms with E-state index >= 15 is 0 Å². The summed E-state index contributed by atoms with van der Waals surface area (Å²) in [6.07, 6.45) is 2.23. The Hall–Kier alpha value is -1.60. The molecule has 1 fully saturated rings. The number of aromatic nitrogens is 1. The van der Waals surface area contributed by atoms with Crippen molar-refractivity contribution in [2.24, 2.45) is 0 Å². The third kappa shape index (κ3) is 3.59. The smallest absolute Gasteiger partial charge is 0.233 e. The average Bonchev–Trinajstić information content (AvgIpc) is 3.12. The van der Waals surface area contributed by atoms with Gasteiger partial charge in [-0.15, -0.1) is 11.3 Å². The number of hydrogen-bond acceptors (Lipinski definition) is 5. The van der Waals surface area contributed by atoms with E-state index < -0.39 is 0 Å². The molecule has 0 unspecified atom stereocenters. The lowest BCUT2D eigenvalue weighted by Gasteiger charge is -2.13. The minimum Gasteiger partial charge on any atom is -0.342 e. The summed E-state index contributed by atoms with van der Waals surface area (Å²) < 4.78 is 1.91. The molecule has 22 heavy (non-hydrogen) atoms. The van der Waals surface area contributed by atoms with Gasteiger partial charge in [0.1, 0.15) is 0 Å². The molecule has 7 heteroatoms. The Balaban J connectivity index is 1.66. The van der Waals surface area contributed by atoms with Gasteiger partial charge in [-0.1, -0.05) is 11.8 Å². The van der Waals surface area contributed by atoms with Crippen LogP contribution in [0.2, 0.25) is 0 Å². The van der Waals surface area contributed by atoms with Gasteiger partial charge < -0.3 is 10.2 Å². The number of thioether (sulfide) groups is 1. The first-order valence-corrected chi connectivity index (χ1v) is 9.01. The van der Waals surface area contributed by atoms with E-state index in [9.17, 15) is 9.59 Å². The fraction of sp³-hybridized carbons (Fsp3) is 0.400. The van der Waals surface area contributed by atoms with Gasteiger partial charge in [0.2, 0.25) is 11.8 Å². The lowest BCUT2D eigenvalue weighted by molar-refractivity contribution is -0.127. The molecular weight excluding hydrogens is 318 g/mol. The maximum Gasteiger partial charge on any atom is 0.233 e. The third-order valence-corrected chi connectivity index (χ3v) is 5.61. The lowest BCUT2D eigenvalue weighted by atomic mass is 10.3. The summed E-state index contributed by atoms with van der Waals surface area (Å²) >= 11 is 3.04. The van der Waals surface area contributed by atoms with Crippen LogP contribution in [0.15, 0.2) is 22.5 Å². The van der Waals surface area contributed by atoms with E-state index in [-0.39, 0.29) is 11.8 Å². The van der Waals surface area contributed by atoms with Gasteiger partial charge in [-0.05, 0) is 31.0 Å². The van der Waals surface area contributed by atoms with Crippen molar-refractivity contribution in [3.05, 3.63) is 18.2 Å². The Morgan fingerprint density at radius 1 is 1.36 bits per heavy atom. The lowest BCUT2D eigenvalue weighted by Crippen LogP contribution is -2.29. The van der Waals surface area contributed by atoms with Crippen molar-refractivity contribution >= 4 is 50.8 Å². The second-order valence-electron chi connectivity index (χ2n) is 5.22. The summed E-state index contributed by atoms with van der Waals surface area (Å²) in [4.78, 5) is 29.6. The zero-order valence-electron chi connectivity index (χ0n) is 12.3. The van der Waals surface area contributed by atoms with Crippen molar-refractivity contribution in [2.45, 2.75) is 24.1 Å². The molecule has 1 aromatic carbocycles. The minimum absolute atomic E-state index is 0.0883. The Kier molecular flexibility index (Phi) is 4.63. The molecule has 5 nitrogen and oxygen atoms in total. The van der Waals surface area contributed by atoms with E-state index in [1.807, 2.05) is 23.1 Å². The van der Waals surface area contributed by atoms with E-state index in [0.717, 1.165) is 46.2 Å². The highest BCUT2D eigenvalue weighted by atomic mass is 32.2. The van der Waals surface area contributed by atoms with Gasteiger partial charge in [0.25, 0.3) is 0 Å². The molecule has 0 aliphatic carbocycles. The van der Waals surface area contributed by atoms with Crippen LogP contribution in [0.4, 0.5) is 5.69 Å². The van der Waals surface area contributed by atoms with Crippen LogP contribution in [0.3, 0.4) is 0 Å². The highest BCUT2D eigenvalue weighted by Gasteiger charge is 2.18. The number of carbonyl (C=O) groups is 2. The average molecular weight is 335 g/mol. The van der Waals surface area contributed by atoms with Crippen molar-refractivity contribution in [1.82, 2.24) is 9.88 Å². The van der Waals surface area contributed by atoms with Crippen LogP contribution in [0, 0.1) is 0 Å². The SMILES string of the molecule is CC(=O)Nc1ccc2nc(SCC(=O)N3CCCC3)sc2c1. The maximum atomic E-state index is 12.0. The predicted octanol–water partition coefficient (Wildman–Crippen LogP) is 2.97. The number of amides is 2. The predicted molar refractivity (Wildman–Crippen MR) is 90.5 cm³/mol. The van der Waals surface area contributed by atoms with Gasteiger partial charge in [-0.25, -0.2) is 4.98 Å². The molecule has 1 N–H and O–H groups in total.